The fourth-order valence-electron chi connectivity index (χ4n) is 2.67. The van der Waals surface area contributed by atoms with Gasteiger partial charge in [-0.15, -0.1) is 0 Å². The van der Waals surface area contributed by atoms with Gasteiger partial charge >= 0.3 is 5.97 Å². The molecule has 0 saturated heterocycles. The fraction of sp³-hybridized carbons (Fsp3) is 0.750. The van der Waals surface area contributed by atoms with Crippen molar-refractivity contribution in [3.05, 3.63) is 17.0 Å². The van der Waals surface area contributed by atoms with Crippen molar-refractivity contribution in [3.8, 4) is 0 Å². The maximum Gasteiger partial charge on any atom is 0.359 e. The van der Waals surface area contributed by atoms with Gasteiger partial charge in [0.2, 0.25) is 0 Å². The summed E-state index contributed by atoms with van der Waals surface area (Å²) in [7, 11) is -1.08. The first-order valence-electron chi connectivity index (χ1n) is 8.26. The fourth-order valence-corrected chi connectivity index (χ4v) is 3.43. The van der Waals surface area contributed by atoms with E-state index in [9.17, 15) is 4.79 Å². The number of nitrogens with zero attached hydrogens (tertiary/aromatic N) is 2. The lowest BCUT2D eigenvalue weighted by atomic mass is 9.96. The first kappa shape index (κ1) is 17.2. The summed E-state index contributed by atoms with van der Waals surface area (Å²) >= 11 is 0. The van der Waals surface area contributed by atoms with Gasteiger partial charge in [0.05, 0.1) is 6.61 Å². The van der Waals surface area contributed by atoms with Crippen LogP contribution in [0.4, 0.5) is 0 Å². The van der Waals surface area contributed by atoms with E-state index in [1.807, 2.05) is 11.6 Å². The van der Waals surface area contributed by atoms with Crippen LogP contribution in [0.1, 0.15) is 41.5 Å². The van der Waals surface area contributed by atoms with Crippen molar-refractivity contribution in [2.75, 3.05) is 13.2 Å². The summed E-state index contributed by atoms with van der Waals surface area (Å²) in [6, 6.07) is 1.14. The molecule has 0 atom stereocenters. The highest BCUT2D eigenvalue weighted by atomic mass is 28.3. The highest BCUT2D eigenvalue weighted by Crippen LogP contribution is 2.25. The molecular weight excluding hydrogens is 296 g/mol. The molecule has 0 aromatic carbocycles. The number of fused-ring (bicyclic) bond motifs is 1. The van der Waals surface area contributed by atoms with Gasteiger partial charge < -0.3 is 9.47 Å². The van der Waals surface area contributed by atoms with E-state index in [-0.39, 0.29) is 5.97 Å². The molecule has 1 aromatic rings. The molecule has 2 rings (SSSR count). The van der Waals surface area contributed by atoms with Crippen molar-refractivity contribution in [1.29, 1.82) is 0 Å². The normalized spacial score (nSPS) is 14.7. The highest BCUT2D eigenvalue weighted by Gasteiger charge is 2.25. The third-order valence-electron chi connectivity index (χ3n) is 3.94. The van der Waals surface area contributed by atoms with Gasteiger partial charge in [-0.3, -0.25) is 0 Å². The minimum absolute atomic E-state index is 0.304. The lowest BCUT2D eigenvalue weighted by molar-refractivity contribution is 0.0509. The van der Waals surface area contributed by atoms with E-state index in [2.05, 4.69) is 24.7 Å². The van der Waals surface area contributed by atoms with Gasteiger partial charge in [0.15, 0.2) is 5.69 Å². The minimum Gasteiger partial charge on any atom is -0.461 e. The summed E-state index contributed by atoms with van der Waals surface area (Å²) in [4.78, 5) is 12.1. The Kier molecular flexibility index (Phi) is 5.80. The van der Waals surface area contributed by atoms with Gasteiger partial charge in [0.25, 0.3) is 0 Å². The van der Waals surface area contributed by atoms with Crippen LogP contribution in [0.25, 0.3) is 0 Å². The molecule has 0 aliphatic heterocycles. The van der Waals surface area contributed by atoms with Gasteiger partial charge in [-0.05, 0) is 38.7 Å². The van der Waals surface area contributed by atoms with Crippen LogP contribution in [0.5, 0.6) is 0 Å². The van der Waals surface area contributed by atoms with Crippen LogP contribution >= 0.6 is 0 Å². The Morgan fingerprint density at radius 2 is 2.00 bits per heavy atom. The van der Waals surface area contributed by atoms with E-state index in [1.54, 1.807) is 0 Å². The lowest BCUT2D eigenvalue weighted by Gasteiger charge is -2.17. The predicted molar refractivity (Wildman–Crippen MR) is 88.9 cm³/mol. The quantitative estimate of drug-likeness (QED) is 0.439. The topological polar surface area (TPSA) is 53.3 Å². The minimum atomic E-state index is -1.08. The van der Waals surface area contributed by atoms with E-state index in [0.717, 1.165) is 49.6 Å². The second kappa shape index (κ2) is 7.42. The number of carbonyl (C=O) groups excluding carboxylic acids is 1. The number of rotatable bonds is 7. The Hall–Kier alpha value is -1.14. The first-order chi connectivity index (χ1) is 10.4. The zero-order chi connectivity index (χ0) is 16.2. The van der Waals surface area contributed by atoms with Crippen LogP contribution in [-0.2, 0) is 29.0 Å². The third kappa shape index (κ3) is 4.43. The molecule has 5 nitrogen and oxygen atoms in total. The molecule has 6 heteroatoms. The number of ether oxygens (including phenoxy) is 2. The molecule has 0 saturated carbocycles. The molecule has 0 amide bonds. The van der Waals surface area contributed by atoms with E-state index in [4.69, 9.17) is 9.47 Å². The maximum atomic E-state index is 12.1. The molecule has 1 heterocycles. The van der Waals surface area contributed by atoms with Crippen LogP contribution in [0.2, 0.25) is 25.7 Å². The van der Waals surface area contributed by atoms with E-state index < -0.39 is 8.07 Å². The summed E-state index contributed by atoms with van der Waals surface area (Å²) in [6.45, 7) is 10.4. The van der Waals surface area contributed by atoms with Gasteiger partial charge in [-0.2, -0.15) is 5.10 Å². The highest BCUT2D eigenvalue weighted by molar-refractivity contribution is 6.76. The molecule has 0 fully saturated rings. The zero-order valence-corrected chi connectivity index (χ0v) is 15.3. The van der Waals surface area contributed by atoms with Gasteiger partial charge in [-0.25, -0.2) is 9.48 Å². The Balaban J connectivity index is 2.06. The summed E-state index contributed by atoms with van der Waals surface area (Å²) < 4.78 is 12.8. The molecule has 0 spiro atoms. The molecular formula is C16H28N2O3Si. The third-order valence-corrected chi connectivity index (χ3v) is 5.64. The van der Waals surface area contributed by atoms with Crippen molar-refractivity contribution in [2.24, 2.45) is 0 Å². The maximum absolute atomic E-state index is 12.1. The molecule has 0 radical (unpaired) electrons. The summed E-state index contributed by atoms with van der Waals surface area (Å²) in [5.41, 5.74) is 2.71. The Bertz CT molecular complexity index is 520. The first-order valence-corrected chi connectivity index (χ1v) is 12.0. The average molecular weight is 324 g/mol. The van der Waals surface area contributed by atoms with Crippen molar-refractivity contribution < 1.29 is 14.3 Å². The molecule has 1 aliphatic carbocycles. The number of aromatic nitrogens is 2. The van der Waals surface area contributed by atoms with Crippen LogP contribution in [0.3, 0.4) is 0 Å². The summed E-state index contributed by atoms with van der Waals surface area (Å²) in [6.07, 6.45) is 4.15. The summed E-state index contributed by atoms with van der Waals surface area (Å²) in [5, 5.41) is 4.47. The van der Waals surface area contributed by atoms with E-state index in [0.29, 0.717) is 19.0 Å². The van der Waals surface area contributed by atoms with Crippen LogP contribution in [0.15, 0.2) is 0 Å². The smallest absolute Gasteiger partial charge is 0.359 e. The van der Waals surface area contributed by atoms with Crippen LogP contribution in [0, 0.1) is 0 Å². The number of esters is 1. The van der Waals surface area contributed by atoms with Gasteiger partial charge in [0.1, 0.15) is 6.73 Å². The van der Waals surface area contributed by atoms with Crippen LogP contribution < -0.4 is 0 Å². The lowest BCUT2D eigenvalue weighted by Crippen LogP contribution is -2.22. The standard InChI is InChI=1S/C16H28N2O3Si/c1-5-21-16(19)15-13-8-6-7-9-14(13)18(17-15)12-20-10-11-22(2,3)4/h5-12H2,1-4H3. The number of hydrogen-bond acceptors (Lipinski definition) is 4. The Morgan fingerprint density at radius 1 is 1.27 bits per heavy atom. The molecule has 0 bridgehead atoms. The predicted octanol–water partition coefficient (Wildman–Crippen LogP) is 3.25. The second-order valence-electron chi connectivity index (χ2n) is 7.05. The largest absolute Gasteiger partial charge is 0.461 e. The van der Waals surface area contributed by atoms with Gasteiger partial charge in [0, 0.05) is 25.9 Å². The van der Waals surface area contributed by atoms with E-state index in [1.165, 1.54) is 0 Å². The van der Waals surface area contributed by atoms with Crippen molar-refractivity contribution in [3.63, 3.8) is 0 Å². The average Bonchev–Trinajstić information content (AvgIpc) is 2.82. The Labute approximate surface area is 134 Å². The molecule has 22 heavy (non-hydrogen) atoms. The Morgan fingerprint density at radius 3 is 2.68 bits per heavy atom. The van der Waals surface area contributed by atoms with Crippen molar-refractivity contribution in [1.82, 2.24) is 9.78 Å². The van der Waals surface area contributed by atoms with Gasteiger partial charge in [-0.1, -0.05) is 19.6 Å². The molecule has 1 aromatic heterocycles. The number of hydrogen-bond donors (Lipinski definition) is 0. The molecule has 0 unspecified atom stereocenters. The zero-order valence-electron chi connectivity index (χ0n) is 14.3. The van der Waals surface area contributed by atoms with Crippen LogP contribution in [-0.4, -0.2) is 37.0 Å². The SMILES string of the molecule is CCOC(=O)c1nn(COCC[Si](C)(C)C)c2c1CCCC2. The number of carbonyl (C=O) groups is 1. The second-order valence-corrected chi connectivity index (χ2v) is 12.7. The molecule has 1 aliphatic rings. The van der Waals surface area contributed by atoms with Crippen molar-refractivity contribution in [2.45, 2.75) is 65.0 Å². The molecule has 0 N–H and O–H groups in total. The van der Waals surface area contributed by atoms with Crippen molar-refractivity contribution >= 4 is 14.0 Å². The monoisotopic (exact) mass is 324 g/mol. The summed E-state index contributed by atoms with van der Waals surface area (Å²) in [5.74, 6) is -0.304. The van der Waals surface area contributed by atoms with E-state index >= 15 is 0 Å². The molecule has 124 valence electrons.